The van der Waals surface area contributed by atoms with Crippen LogP contribution in [0.3, 0.4) is 0 Å². The van der Waals surface area contributed by atoms with E-state index in [1.165, 1.54) is 19.1 Å². The first-order valence-corrected chi connectivity index (χ1v) is 11.6. The lowest BCUT2D eigenvalue weighted by Gasteiger charge is -2.39. The van der Waals surface area contributed by atoms with Gasteiger partial charge in [-0.25, -0.2) is 8.78 Å². The Kier molecular flexibility index (Phi) is 7.95. The Hall–Kier alpha value is -2.55. The maximum Gasteiger partial charge on any atom is 0.217 e. The highest BCUT2D eigenvalue weighted by Crippen LogP contribution is 2.36. The van der Waals surface area contributed by atoms with E-state index in [0.29, 0.717) is 12.0 Å². The summed E-state index contributed by atoms with van der Waals surface area (Å²) in [5.41, 5.74) is 2.10. The van der Waals surface area contributed by atoms with Crippen molar-refractivity contribution in [3.63, 3.8) is 0 Å². The van der Waals surface area contributed by atoms with Gasteiger partial charge in [0.15, 0.2) is 0 Å². The van der Waals surface area contributed by atoms with Crippen LogP contribution in [-0.2, 0) is 23.2 Å². The van der Waals surface area contributed by atoms with E-state index in [0.717, 1.165) is 35.8 Å². The monoisotopic (exact) mass is 475 g/mol. The molecule has 0 aliphatic carbocycles. The predicted molar refractivity (Wildman–Crippen MR) is 129 cm³/mol. The van der Waals surface area contributed by atoms with E-state index in [1.807, 2.05) is 12.1 Å². The number of fused-ring (bicyclic) bond motifs is 1. The van der Waals surface area contributed by atoms with Gasteiger partial charge in [0.05, 0.1) is 17.7 Å². The molecule has 186 valence electrons. The fourth-order valence-corrected chi connectivity index (χ4v) is 4.58. The molecular formula is C26H35F2N3O3. The Labute approximate surface area is 199 Å². The van der Waals surface area contributed by atoms with Crippen molar-refractivity contribution in [2.75, 3.05) is 18.4 Å². The Morgan fingerprint density at radius 1 is 1.18 bits per heavy atom. The Bertz CT molecular complexity index is 1000. The summed E-state index contributed by atoms with van der Waals surface area (Å²) in [6, 6.07) is 8.53. The summed E-state index contributed by atoms with van der Waals surface area (Å²) in [6.07, 6.45) is 0.360. The van der Waals surface area contributed by atoms with Crippen LogP contribution in [0.4, 0.5) is 14.5 Å². The van der Waals surface area contributed by atoms with Crippen LogP contribution < -0.4 is 16.0 Å². The second kappa shape index (κ2) is 10.4. The quantitative estimate of drug-likeness (QED) is 0.385. The normalized spacial score (nSPS) is 19.6. The molecule has 0 saturated carbocycles. The summed E-state index contributed by atoms with van der Waals surface area (Å²) in [5.74, 6) is -1.75. The molecular weight excluding hydrogens is 440 g/mol. The van der Waals surface area contributed by atoms with Gasteiger partial charge in [-0.2, -0.15) is 0 Å². The number of halogens is 2. The van der Waals surface area contributed by atoms with Crippen LogP contribution in [0.5, 0.6) is 0 Å². The second-order valence-electron chi connectivity index (χ2n) is 10.1. The van der Waals surface area contributed by atoms with Crippen LogP contribution in [0.2, 0.25) is 0 Å². The van der Waals surface area contributed by atoms with Crippen molar-refractivity contribution in [1.29, 1.82) is 0 Å². The second-order valence-corrected chi connectivity index (χ2v) is 10.1. The van der Waals surface area contributed by atoms with Crippen LogP contribution in [0.1, 0.15) is 50.8 Å². The maximum atomic E-state index is 13.6. The number of benzene rings is 2. The molecule has 3 atom stereocenters. The number of hydrogen-bond acceptors (Lipinski definition) is 5. The van der Waals surface area contributed by atoms with Gasteiger partial charge in [-0.3, -0.25) is 4.79 Å². The summed E-state index contributed by atoms with van der Waals surface area (Å²) in [5, 5.41) is 30.7. The standard InChI is InChI=1S/C26H35F2N3O3/c1-16(32)31-23(12-18-9-19(27)13-20(28)10-18)24(33)15-30-26(4)7-8-29-22-6-5-17(11-21(22)26)14-25(2,3)34/h5-6,9-11,13,23-24,29-30,33-34H,7-8,12,14-15H2,1-4H3,(H,31,32). The summed E-state index contributed by atoms with van der Waals surface area (Å²) in [7, 11) is 0. The largest absolute Gasteiger partial charge is 0.390 e. The summed E-state index contributed by atoms with van der Waals surface area (Å²) >= 11 is 0. The third kappa shape index (κ3) is 6.98. The molecule has 0 spiro atoms. The molecule has 1 aliphatic rings. The van der Waals surface area contributed by atoms with Gasteiger partial charge in [0.25, 0.3) is 0 Å². The van der Waals surface area contributed by atoms with Crippen molar-refractivity contribution >= 4 is 11.6 Å². The van der Waals surface area contributed by atoms with E-state index >= 15 is 0 Å². The SMILES string of the molecule is CC(=O)NC(Cc1cc(F)cc(F)c1)C(O)CNC1(C)CCNc2ccc(CC(C)(C)O)cc21. The number of aliphatic hydroxyl groups excluding tert-OH is 1. The molecule has 1 amide bonds. The van der Waals surface area contributed by atoms with Crippen LogP contribution >= 0.6 is 0 Å². The Morgan fingerprint density at radius 3 is 2.47 bits per heavy atom. The van der Waals surface area contributed by atoms with Crippen molar-refractivity contribution in [2.24, 2.45) is 0 Å². The van der Waals surface area contributed by atoms with Gasteiger partial charge in [-0.1, -0.05) is 12.1 Å². The average Bonchev–Trinajstić information content (AvgIpc) is 2.70. The molecule has 6 nitrogen and oxygen atoms in total. The molecule has 0 saturated heterocycles. The van der Waals surface area contributed by atoms with E-state index in [-0.39, 0.29) is 18.9 Å². The van der Waals surface area contributed by atoms with Crippen molar-refractivity contribution in [2.45, 2.75) is 70.2 Å². The first kappa shape index (κ1) is 26.1. The number of carbonyl (C=O) groups is 1. The maximum absolute atomic E-state index is 13.6. The lowest BCUT2D eigenvalue weighted by atomic mass is 9.82. The highest BCUT2D eigenvalue weighted by atomic mass is 19.1. The zero-order valence-corrected chi connectivity index (χ0v) is 20.2. The van der Waals surface area contributed by atoms with Gasteiger partial charge in [0, 0.05) is 43.7 Å². The summed E-state index contributed by atoms with van der Waals surface area (Å²) in [4.78, 5) is 11.7. The molecule has 0 fully saturated rings. The molecule has 34 heavy (non-hydrogen) atoms. The highest BCUT2D eigenvalue weighted by molar-refractivity contribution is 5.73. The number of anilines is 1. The zero-order chi connectivity index (χ0) is 25.1. The van der Waals surface area contributed by atoms with Gasteiger partial charge in [0.2, 0.25) is 5.91 Å². The van der Waals surface area contributed by atoms with Crippen molar-refractivity contribution < 1.29 is 23.8 Å². The summed E-state index contributed by atoms with van der Waals surface area (Å²) in [6.45, 7) is 7.84. The van der Waals surface area contributed by atoms with E-state index < -0.39 is 34.9 Å². The lowest BCUT2D eigenvalue weighted by Crippen LogP contribution is -2.53. The lowest BCUT2D eigenvalue weighted by molar-refractivity contribution is -0.120. The van der Waals surface area contributed by atoms with Gasteiger partial charge >= 0.3 is 0 Å². The number of amides is 1. The third-order valence-corrected chi connectivity index (χ3v) is 6.19. The molecule has 5 N–H and O–H groups in total. The number of nitrogens with one attached hydrogen (secondary N) is 3. The van der Waals surface area contributed by atoms with E-state index in [2.05, 4.69) is 28.9 Å². The number of carbonyl (C=O) groups excluding carboxylic acids is 1. The van der Waals surface area contributed by atoms with Crippen LogP contribution in [0, 0.1) is 11.6 Å². The number of aliphatic hydroxyl groups is 2. The fraction of sp³-hybridized carbons (Fsp3) is 0.500. The zero-order valence-electron chi connectivity index (χ0n) is 20.2. The first-order valence-electron chi connectivity index (χ1n) is 11.6. The average molecular weight is 476 g/mol. The van der Waals surface area contributed by atoms with Crippen LogP contribution in [0.15, 0.2) is 36.4 Å². The Morgan fingerprint density at radius 2 is 1.85 bits per heavy atom. The molecule has 3 unspecified atom stereocenters. The van der Waals surface area contributed by atoms with Crippen molar-refractivity contribution in [3.05, 3.63) is 64.7 Å². The molecule has 0 aromatic heterocycles. The molecule has 2 aromatic carbocycles. The summed E-state index contributed by atoms with van der Waals surface area (Å²) < 4.78 is 27.3. The van der Waals surface area contributed by atoms with Gasteiger partial charge in [-0.15, -0.1) is 0 Å². The van der Waals surface area contributed by atoms with Gasteiger partial charge in [-0.05, 0) is 68.5 Å². The molecule has 8 heteroatoms. The Balaban J connectivity index is 1.76. The number of hydrogen-bond donors (Lipinski definition) is 5. The smallest absolute Gasteiger partial charge is 0.217 e. The van der Waals surface area contributed by atoms with E-state index in [4.69, 9.17) is 0 Å². The molecule has 0 bridgehead atoms. The first-order chi connectivity index (χ1) is 15.8. The van der Waals surface area contributed by atoms with E-state index in [1.54, 1.807) is 13.8 Å². The minimum Gasteiger partial charge on any atom is -0.390 e. The molecule has 0 radical (unpaired) electrons. The minimum absolute atomic E-state index is 0.0850. The van der Waals surface area contributed by atoms with Gasteiger partial charge in [0.1, 0.15) is 11.6 Å². The topological polar surface area (TPSA) is 93.6 Å². The van der Waals surface area contributed by atoms with Crippen LogP contribution in [0.25, 0.3) is 0 Å². The van der Waals surface area contributed by atoms with Crippen LogP contribution in [-0.4, -0.2) is 47.0 Å². The van der Waals surface area contributed by atoms with Crippen molar-refractivity contribution in [1.82, 2.24) is 10.6 Å². The third-order valence-electron chi connectivity index (χ3n) is 6.19. The molecule has 1 aliphatic heterocycles. The van der Waals surface area contributed by atoms with Gasteiger partial charge < -0.3 is 26.2 Å². The van der Waals surface area contributed by atoms with Crippen molar-refractivity contribution in [3.8, 4) is 0 Å². The highest BCUT2D eigenvalue weighted by Gasteiger charge is 2.34. The molecule has 3 rings (SSSR count). The molecule has 1 heterocycles. The number of rotatable bonds is 9. The molecule has 2 aromatic rings. The minimum atomic E-state index is -0.995. The predicted octanol–water partition coefficient (Wildman–Crippen LogP) is 3.01. The fourth-order valence-electron chi connectivity index (χ4n) is 4.58. The van der Waals surface area contributed by atoms with E-state index in [9.17, 15) is 23.8 Å².